The summed E-state index contributed by atoms with van der Waals surface area (Å²) in [7, 11) is 1.64. The molecule has 0 aliphatic heterocycles. The van der Waals surface area contributed by atoms with E-state index in [1.165, 1.54) is 4.90 Å². The van der Waals surface area contributed by atoms with E-state index >= 15 is 0 Å². The fourth-order valence-electron chi connectivity index (χ4n) is 3.02. The maximum Gasteiger partial charge on any atom is 0.254 e. The number of hydrogen-bond acceptors (Lipinski definition) is 2. The van der Waals surface area contributed by atoms with Crippen LogP contribution in [0.3, 0.4) is 0 Å². The zero-order valence-corrected chi connectivity index (χ0v) is 15.2. The summed E-state index contributed by atoms with van der Waals surface area (Å²) in [4.78, 5) is 26.5. The van der Waals surface area contributed by atoms with Crippen LogP contribution >= 0.6 is 0 Å². The highest BCUT2D eigenvalue weighted by atomic mass is 16.2. The molecule has 132 valence electrons. The van der Waals surface area contributed by atoms with Gasteiger partial charge >= 0.3 is 0 Å². The summed E-state index contributed by atoms with van der Waals surface area (Å²) in [5.41, 5.74) is 3.39. The Kier molecular flexibility index (Phi) is 5.03. The molecule has 0 unspecified atom stereocenters. The van der Waals surface area contributed by atoms with Gasteiger partial charge in [-0.25, -0.2) is 0 Å². The van der Waals surface area contributed by atoms with Crippen molar-refractivity contribution in [3.05, 3.63) is 77.4 Å². The molecule has 4 heteroatoms. The number of benzene rings is 3. The van der Waals surface area contributed by atoms with E-state index in [2.05, 4.69) is 5.32 Å². The highest BCUT2D eigenvalue weighted by molar-refractivity contribution is 6.01. The number of fused-ring (bicyclic) bond motifs is 1. The molecule has 0 heterocycles. The lowest BCUT2D eigenvalue weighted by Gasteiger charge is -2.18. The van der Waals surface area contributed by atoms with Crippen molar-refractivity contribution in [2.24, 2.45) is 0 Å². The van der Waals surface area contributed by atoms with Gasteiger partial charge in [0.05, 0.1) is 6.54 Å². The van der Waals surface area contributed by atoms with Crippen molar-refractivity contribution in [1.82, 2.24) is 4.90 Å². The number of carbonyl (C=O) groups excluding carboxylic acids is 2. The summed E-state index contributed by atoms with van der Waals surface area (Å²) in [6, 6.07) is 19.3. The first-order chi connectivity index (χ1) is 12.5. The van der Waals surface area contributed by atoms with Crippen LogP contribution in [-0.2, 0) is 4.79 Å². The van der Waals surface area contributed by atoms with Gasteiger partial charge in [0.25, 0.3) is 5.91 Å². The molecule has 2 amide bonds. The number of amides is 2. The van der Waals surface area contributed by atoms with E-state index in [4.69, 9.17) is 0 Å². The van der Waals surface area contributed by atoms with E-state index in [0.29, 0.717) is 5.56 Å². The van der Waals surface area contributed by atoms with Crippen LogP contribution in [0, 0.1) is 13.8 Å². The Morgan fingerprint density at radius 2 is 1.54 bits per heavy atom. The lowest BCUT2D eigenvalue weighted by Crippen LogP contribution is -2.35. The SMILES string of the molecule is Cc1cccc(C)c1NC(=O)CN(C)C(=O)c1ccc2ccccc2c1. The van der Waals surface area contributed by atoms with Gasteiger partial charge in [0.1, 0.15) is 0 Å². The molecule has 0 aliphatic carbocycles. The summed E-state index contributed by atoms with van der Waals surface area (Å²) in [6.07, 6.45) is 0. The Morgan fingerprint density at radius 3 is 2.23 bits per heavy atom. The number of hydrogen-bond donors (Lipinski definition) is 1. The van der Waals surface area contributed by atoms with Gasteiger partial charge in [0.2, 0.25) is 5.91 Å². The lowest BCUT2D eigenvalue weighted by atomic mass is 10.1. The molecule has 0 saturated heterocycles. The molecule has 0 bridgehead atoms. The van der Waals surface area contributed by atoms with E-state index in [9.17, 15) is 9.59 Å². The molecule has 0 atom stereocenters. The molecule has 0 radical (unpaired) electrons. The molecule has 0 aromatic heterocycles. The zero-order valence-electron chi connectivity index (χ0n) is 15.2. The number of para-hydroxylation sites is 1. The Labute approximate surface area is 153 Å². The minimum absolute atomic E-state index is 0.000561. The molecular formula is C22H22N2O2. The summed E-state index contributed by atoms with van der Waals surface area (Å²) in [5, 5.41) is 5.00. The molecule has 0 saturated carbocycles. The Balaban J connectivity index is 1.71. The van der Waals surface area contributed by atoms with Gasteiger partial charge < -0.3 is 10.2 Å². The monoisotopic (exact) mass is 346 g/mol. The minimum atomic E-state index is -0.209. The number of aryl methyl sites for hydroxylation is 2. The average molecular weight is 346 g/mol. The fraction of sp³-hybridized carbons (Fsp3) is 0.182. The van der Waals surface area contributed by atoms with Crippen molar-refractivity contribution >= 4 is 28.3 Å². The Bertz CT molecular complexity index is 959. The first-order valence-corrected chi connectivity index (χ1v) is 8.56. The third kappa shape index (κ3) is 3.75. The molecular weight excluding hydrogens is 324 g/mol. The fourth-order valence-corrected chi connectivity index (χ4v) is 3.02. The normalized spacial score (nSPS) is 10.6. The molecule has 3 aromatic carbocycles. The highest BCUT2D eigenvalue weighted by Crippen LogP contribution is 2.20. The largest absolute Gasteiger partial charge is 0.332 e. The molecule has 0 aliphatic rings. The van der Waals surface area contributed by atoms with E-state index in [0.717, 1.165) is 27.6 Å². The first kappa shape index (κ1) is 17.7. The van der Waals surface area contributed by atoms with E-state index in [1.54, 1.807) is 13.1 Å². The van der Waals surface area contributed by atoms with Crippen molar-refractivity contribution in [1.29, 1.82) is 0 Å². The second-order valence-corrected chi connectivity index (χ2v) is 6.54. The van der Waals surface area contributed by atoms with Crippen LogP contribution in [-0.4, -0.2) is 30.3 Å². The molecule has 0 spiro atoms. The van der Waals surface area contributed by atoms with Crippen molar-refractivity contribution < 1.29 is 9.59 Å². The van der Waals surface area contributed by atoms with Gasteiger partial charge in [-0.1, -0.05) is 48.5 Å². The van der Waals surface area contributed by atoms with Crippen LogP contribution in [0.15, 0.2) is 60.7 Å². The van der Waals surface area contributed by atoms with Gasteiger partial charge in [-0.3, -0.25) is 9.59 Å². The van der Waals surface area contributed by atoms with Gasteiger partial charge in [-0.05, 0) is 47.9 Å². The Morgan fingerprint density at radius 1 is 0.885 bits per heavy atom. The number of rotatable bonds is 4. The van der Waals surface area contributed by atoms with Gasteiger partial charge in [0.15, 0.2) is 0 Å². The van der Waals surface area contributed by atoms with Crippen LogP contribution in [0.2, 0.25) is 0 Å². The van der Waals surface area contributed by atoms with Crippen LogP contribution in [0.5, 0.6) is 0 Å². The smallest absolute Gasteiger partial charge is 0.254 e. The van der Waals surface area contributed by atoms with Crippen molar-refractivity contribution in [2.45, 2.75) is 13.8 Å². The molecule has 0 fully saturated rings. The van der Waals surface area contributed by atoms with Crippen molar-refractivity contribution in [2.75, 3.05) is 18.9 Å². The summed E-state index contributed by atoms with van der Waals surface area (Å²) in [6.45, 7) is 3.90. The number of likely N-dealkylation sites (N-methyl/N-ethyl adjacent to an activating group) is 1. The number of nitrogens with one attached hydrogen (secondary N) is 1. The van der Waals surface area contributed by atoms with Crippen LogP contribution in [0.25, 0.3) is 10.8 Å². The summed E-state index contributed by atoms with van der Waals surface area (Å²) >= 11 is 0. The zero-order chi connectivity index (χ0) is 18.7. The molecule has 4 nitrogen and oxygen atoms in total. The van der Waals surface area contributed by atoms with Gasteiger partial charge in [-0.2, -0.15) is 0 Å². The van der Waals surface area contributed by atoms with Crippen molar-refractivity contribution in [3.63, 3.8) is 0 Å². The van der Waals surface area contributed by atoms with Crippen molar-refractivity contribution in [3.8, 4) is 0 Å². The van der Waals surface area contributed by atoms with Crippen LogP contribution < -0.4 is 5.32 Å². The second kappa shape index (κ2) is 7.40. The lowest BCUT2D eigenvalue weighted by molar-refractivity contribution is -0.116. The van der Waals surface area contributed by atoms with Crippen LogP contribution in [0.1, 0.15) is 21.5 Å². The summed E-state index contributed by atoms with van der Waals surface area (Å²) in [5.74, 6) is -0.383. The van der Waals surface area contributed by atoms with E-state index in [-0.39, 0.29) is 18.4 Å². The van der Waals surface area contributed by atoms with Crippen LogP contribution in [0.4, 0.5) is 5.69 Å². The predicted molar refractivity (Wildman–Crippen MR) is 105 cm³/mol. The Hall–Kier alpha value is -3.14. The molecule has 26 heavy (non-hydrogen) atoms. The predicted octanol–water partition coefficient (Wildman–Crippen LogP) is 4.17. The topological polar surface area (TPSA) is 49.4 Å². The summed E-state index contributed by atoms with van der Waals surface area (Å²) < 4.78 is 0. The number of nitrogens with zero attached hydrogens (tertiary/aromatic N) is 1. The highest BCUT2D eigenvalue weighted by Gasteiger charge is 2.16. The molecule has 1 N–H and O–H groups in total. The van der Waals surface area contributed by atoms with E-state index in [1.807, 2.05) is 68.4 Å². The first-order valence-electron chi connectivity index (χ1n) is 8.56. The van der Waals surface area contributed by atoms with E-state index < -0.39 is 0 Å². The number of anilines is 1. The van der Waals surface area contributed by atoms with Gasteiger partial charge in [-0.15, -0.1) is 0 Å². The maximum atomic E-state index is 12.7. The minimum Gasteiger partial charge on any atom is -0.332 e. The molecule has 3 rings (SSSR count). The van der Waals surface area contributed by atoms with Gasteiger partial charge in [0, 0.05) is 18.3 Å². The third-order valence-electron chi connectivity index (χ3n) is 4.47. The maximum absolute atomic E-state index is 12.7. The second-order valence-electron chi connectivity index (χ2n) is 6.54. The average Bonchev–Trinajstić information content (AvgIpc) is 2.63. The molecule has 3 aromatic rings. The standard InChI is InChI=1S/C22H22N2O2/c1-15-7-6-8-16(2)21(15)23-20(25)14-24(3)22(26)19-12-11-17-9-4-5-10-18(17)13-19/h4-13H,14H2,1-3H3,(H,23,25). The third-order valence-corrected chi connectivity index (χ3v) is 4.47. The quantitative estimate of drug-likeness (QED) is 0.771. The number of carbonyl (C=O) groups is 2.